The molecule has 5 rings (SSSR count). The Morgan fingerprint density at radius 3 is 2.39 bits per heavy atom. The summed E-state index contributed by atoms with van der Waals surface area (Å²) in [4.78, 5) is 6.66. The first kappa shape index (κ1) is 19.8. The highest BCUT2D eigenvalue weighted by molar-refractivity contribution is 7.89. The van der Waals surface area contributed by atoms with E-state index in [-0.39, 0.29) is 10.6 Å². The van der Waals surface area contributed by atoms with E-state index in [4.69, 9.17) is 4.42 Å². The average molecular weight is 435 g/mol. The van der Waals surface area contributed by atoms with Crippen LogP contribution in [0.25, 0.3) is 11.5 Å². The summed E-state index contributed by atoms with van der Waals surface area (Å²) in [5, 5.41) is 9.59. The maximum atomic E-state index is 12.7. The predicted octanol–water partition coefficient (Wildman–Crippen LogP) is 3.56. The molecule has 158 valence electrons. The van der Waals surface area contributed by atoms with Crippen molar-refractivity contribution in [2.75, 3.05) is 24.5 Å². The van der Waals surface area contributed by atoms with Crippen molar-refractivity contribution >= 4 is 15.9 Å². The maximum absolute atomic E-state index is 12.7. The Morgan fingerprint density at radius 2 is 1.68 bits per heavy atom. The van der Waals surface area contributed by atoms with E-state index in [0.717, 1.165) is 25.8 Å². The molecule has 8 heteroatoms. The van der Waals surface area contributed by atoms with Crippen LogP contribution in [0.5, 0.6) is 0 Å². The molecule has 0 saturated carbocycles. The Labute approximate surface area is 181 Å². The summed E-state index contributed by atoms with van der Waals surface area (Å²) in [5.74, 6) is 0.774. The monoisotopic (exact) mass is 434 g/mol. The normalized spacial score (nSPS) is 16.8. The average Bonchev–Trinajstić information content (AvgIpc) is 3.49. The Kier molecular flexibility index (Phi) is 5.00. The second-order valence-electron chi connectivity index (χ2n) is 7.86. The third-order valence-corrected chi connectivity index (χ3v) is 7.85. The summed E-state index contributed by atoms with van der Waals surface area (Å²) in [7, 11) is -3.47. The van der Waals surface area contributed by atoms with Gasteiger partial charge in [0.25, 0.3) is 0 Å². The van der Waals surface area contributed by atoms with Gasteiger partial charge in [-0.2, -0.15) is 14.6 Å². The predicted molar refractivity (Wildman–Crippen MR) is 116 cm³/mol. The fourth-order valence-corrected chi connectivity index (χ4v) is 5.76. The Balaban J connectivity index is 1.42. The molecule has 3 heterocycles. The van der Waals surface area contributed by atoms with Crippen LogP contribution in [0.15, 0.2) is 57.8 Å². The van der Waals surface area contributed by atoms with Gasteiger partial charge in [0.2, 0.25) is 27.5 Å². The number of benzene rings is 2. The number of hydrogen-bond donors (Lipinski definition) is 0. The SMILES string of the molecule is N#Cc1nc(-c2ccc(S(=O)(=O)N3CCCC3)cc2)oc1N1CCc2ccccc2C1. The van der Waals surface area contributed by atoms with E-state index in [9.17, 15) is 13.7 Å². The Bertz CT molecular complexity index is 1250. The van der Waals surface area contributed by atoms with Gasteiger partial charge >= 0.3 is 0 Å². The number of anilines is 1. The summed E-state index contributed by atoms with van der Waals surface area (Å²) in [6, 6.07) is 16.9. The number of hydrogen-bond acceptors (Lipinski definition) is 6. The molecule has 0 aliphatic carbocycles. The first-order chi connectivity index (χ1) is 15.1. The van der Waals surface area contributed by atoms with Crippen LogP contribution in [0.3, 0.4) is 0 Å². The fraction of sp³-hybridized carbons (Fsp3) is 0.304. The van der Waals surface area contributed by atoms with Crippen LogP contribution in [-0.4, -0.2) is 37.3 Å². The van der Waals surface area contributed by atoms with E-state index in [0.29, 0.717) is 37.0 Å². The van der Waals surface area contributed by atoms with Gasteiger partial charge in [-0.15, -0.1) is 0 Å². The molecule has 0 amide bonds. The van der Waals surface area contributed by atoms with Crippen molar-refractivity contribution in [2.45, 2.75) is 30.7 Å². The molecule has 0 bridgehead atoms. The molecule has 1 aromatic heterocycles. The van der Waals surface area contributed by atoms with Crippen molar-refractivity contribution in [1.29, 1.82) is 5.26 Å². The van der Waals surface area contributed by atoms with Crippen molar-refractivity contribution in [1.82, 2.24) is 9.29 Å². The topological polar surface area (TPSA) is 90.4 Å². The van der Waals surface area contributed by atoms with E-state index in [1.165, 1.54) is 15.4 Å². The molecule has 3 aromatic rings. The zero-order valence-corrected chi connectivity index (χ0v) is 17.8. The standard InChI is InChI=1S/C23H22N4O3S/c24-15-21-23(26-14-11-17-5-1-2-6-19(17)16-26)30-22(25-21)18-7-9-20(10-8-18)31(28,29)27-12-3-4-13-27/h1-2,5-10H,3-4,11-14,16H2. The van der Waals surface area contributed by atoms with Gasteiger partial charge in [0.15, 0.2) is 0 Å². The number of rotatable bonds is 4. The van der Waals surface area contributed by atoms with Crippen LogP contribution in [0, 0.1) is 11.3 Å². The summed E-state index contributed by atoms with van der Waals surface area (Å²) in [6.07, 6.45) is 2.67. The molecule has 2 aromatic carbocycles. The summed E-state index contributed by atoms with van der Waals surface area (Å²) in [5.41, 5.74) is 3.41. The van der Waals surface area contributed by atoms with E-state index in [1.807, 2.05) is 17.0 Å². The lowest BCUT2D eigenvalue weighted by Gasteiger charge is -2.28. The number of sulfonamides is 1. The molecule has 31 heavy (non-hydrogen) atoms. The lowest BCUT2D eigenvalue weighted by molar-refractivity contribution is 0.477. The minimum atomic E-state index is -3.47. The number of nitrogens with zero attached hydrogens (tertiary/aromatic N) is 4. The zero-order chi connectivity index (χ0) is 21.4. The van der Waals surface area contributed by atoms with E-state index in [2.05, 4.69) is 23.2 Å². The summed E-state index contributed by atoms with van der Waals surface area (Å²) >= 11 is 0. The van der Waals surface area contributed by atoms with Gasteiger partial charge in [0.05, 0.1) is 4.90 Å². The van der Waals surface area contributed by atoms with Crippen molar-refractivity contribution in [2.24, 2.45) is 0 Å². The molecule has 0 atom stereocenters. The van der Waals surface area contributed by atoms with Gasteiger partial charge in [-0.1, -0.05) is 24.3 Å². The molecule has 0 N–H and O–H groups in total. The van der Waals surface area contributed by atoms with Gasteiger partial charge in [0, 0.05) is 31.7 Å². The molecule has 7 nitrogen and oxygen atoms in total. The van der Waals surface area contributed by atoms with E-state index >= 15 is 0 Å². The first-order valence-electron chi connectivity index (χ1n) is 10.4. The van der Waals surface area contributed by atoms with Gasteiger partial charge in [0.1, 0.15) is 6.07 Å². The molecule has 2 aliphatic rings. The molecule has 0 spiro atoms. The second kappa shape index (κ2) is 7.84. The maximum Gasteiger partial charge on any atom is 0.243 e. The minimum absolute atomic E-state index is 0.239. The third kappa shape index (κ3) is 3.60. The Hall–Kier alpha value is -3.15. The second-order valence-corrected chi connectivity index (χ2v) is 9.80. The number of oxazole rings is 1. The quantitative estimate of drug-likeness (QED) is 0.624. The molecular formula is C23H22N4O3S. The van der Waals surface area contributed by atoms with E-state index < -0.39 is 10.0 Å². The fourth-order valence-electron chi connectivity index (χ4n) is 4.24. The lowest BCUT2D eigenvalue weighted by atomic mass is 10.00. The minimum Gasteiger partial charge on any atom is -0.419 e. The number of nitriles is 1. The van der Waals surface area contributed by atoms with Gasteiger partial charge in [-0.05, 0) is 54.7 Å². The summed E-state index contributed by atoms with van der Waals surface area (Å²) in [6.45, 7) is 2.54. The first-order valence-corrected chi connectivity index (χ1v) is 11.8. The highest BCUT2D eigenvalue weighted by Crippen LogP contribution is 2.32. The van der Waals surface area contributed by atoms with Crippen LogP contribution < -0.4 is 4.90 Å². The van der Waals surface area contributed by atoms with Crippen LogP contribution in [0.1, 0.15) is 29.7 Å². The molecule has 1 saturated heterocycles. The van der Waals surface area contributed by atoms with Gasteiger partial charge in [-0.25, -0.2) is 8.42 Å². The Morgan fingerprint density at radius 1 is 0.968 bits per heavy atom. The van der Waals surface area contributed by atoms with Crippen LogP contribution in [0.2, 0.25) is 0 Å². The van der Waals surface area contributed by atoms with Crippen molar-refractivity contribution in [3.63, 3.8) is 0 Å². The largest absolute Gasteiger partial charge is 0.419 e. The zero-order valence-electron chi connectivity index (χ0n) is 17.0. The third-order valence-electron chi connectivity index (χ3n) is 5.94. The molecule has 1 fully saturated rings. The van der Waals surface area contributed by atoms with Gasteiger partial charge in [-0.3, -0.25) is 0 Å². The highest BCUT2D eigenvalue weighted by Gasteiger charge is 2.28. The molecule has 0 unspecified atom stereocenters. The van der Waals surface area contributed by atoms with Crippen molar-refractivity contribution in [3.8, 4) is 17.5 Å². The summed E-state index contributed by atoms with van der Waals surface area (Å²) < 4.78 is 33.0. The smallest absolute Gasteiger partial charge is 0.243 e. The number of fused-ring (bicyclic) bond motifs is 1. The van der Waals surface area contributed by atoms with Crippen LogP contribution in [0.4, 0.5) is 5.88 Å². The van der Waals surface area contributed by atoms with Crippen LogP contribution >= 0.6 is 0 Å². The van der Waals surface area contributed by atoms with Gasteiger partial charge < -0.3 is 9.32 Å². The van der Waals surface area contributed by atoms with Crippen LogP contribution in [-0.2, 0) is 23.0 Å². The number of aromatic nitrogens is 1. The molecule has 0 radical (unpaired) electrons. The van der Waals surface area contributed by atoms with E-state index in [1.54, 1.807) is 24.3 Å². The highest BCUT2D eigenvalue weighted by atomic mass is 32.2. The van der Waals surface area contributed by atoms with Crippen molar-refractivity contribution in [3.05, 3.63) is 65.4 Å². The molecule has 2 aliphatic heterocycles. The van der Waals surface area contributed by atoms with Crippen molar-refractivity contribution < 1.29 is 12.8 Å². The molecular weight excluding hydrogens is 412 g/mol. The lowest BCUT2D eigenvalue weighted by Crippen LogP contribution is -2.30.